The van der Waals surface area contributed by atoms with Crippen molar-refractivity contribution >= 4 is 21.8 Å². The molecule has 1 aromatic rings. The van der Waals surface area contributed by atoms with E-state index in [0.29, 0.717) is 5.92 Å². The van der Waals surface area contributed by atoms with Crippen LogP contribution in [0.2, 0.25) is 0 Å². The molecule has 7 heteroatoms. The van der Waals surface area contributed by atoms with Crippen molar-refractivity contribution in [2.24, 2.45) is 16.7 Å². The highest BCUT2D eigenvalue weighted by atomic mass is 32.2. The largest absolute Gasteiger partial charge is 0.288 e. The molecule has 2 fully saturated rings. The molecule has 3 aliphatic rings. The Morgan fingerprint density at radius 1 is 1.12 bits per heavy atom. The van der Waals surface area contributed by atoms with Crippen molar-refractivity contribution in [3.8, 4) is 0 Å². The Balaban J connectivity index is 1.65. The van der Waals surface area contributed by atoms with Crippen molar-refractivity contribution < 1.29 is 18.0 Å². The summed E-state index contributed by atoms with van der Waals surface area (Å²) in [6.07, 6.45) is 2.99. The minimum atomic E-state index is -3.76. The van der Waals surface area contributed by atoms with Gasteiger partial charge in [-0.05, 0) is 54.2 Å². The second-order valence-corrected chi connectivity index (χ2v) is 9.99. The number of benzene rings is 1. The van der Waals surface area contributed by atoms with E-state index in [9.17, 15) is 18.0 Å². The van der Waals surface area contributed by atoms with Gasteiger partial charge in [0.05, 0.1) is 16.0 Å². The van der Waals surface area contributed by atoms with Crippen molar-refractivity contribution in [3.05, 3.63) is 29.3 Å². The third kappa shape index (κ3) is 2.15. The first kappa shape index (κ1) is 16.7. The van der Waals surface area contributed by atoms with Crippen LogP contribution in [0, 0.1) is 16.7 Å². The van der Waals surface area contributed by atoms with E-state index in [4.69, 9.17) is 0 Å². The highest BCUT2D eigenvalue weighted by Crippen LogP contribution is 2.65. The van der Waals surface area contributed by atoms with E-state index in [-0.39, 0.29) is 32.9 Å². The summed E-state index contributed by atoms with van der Waals surface area (Å²) in [4.78, 5) is 23.4. The van der Waals surface area contributed by atoms with Gasteiger partial charge in [0.15, 0.2) is 0 Å². The van der Waals surface area contributed by atoms with Gasteiger partial charge >= 0.3 is 0 Å². The molecule has 6 nitrogen and oxygen atoms in total. The Kier molecular flexibility index (Phi) is 3.29. The number of nitrogens with one attached hydrogen (secondary N) is 2. The molecule has 3 atom stereocenters. The predicted octanol–water partition coefficient (Wildman–Crippen LogP) is 2.06. The molecular weight excluding hydrogens is 340 g/mol. The minimum Gasteiger partial charge on any atom is -0.288 e. The topological polar surface area (TPSA) is 92.3 Å². The highest BCUT2D eigenvalue weighted by Gasteiger charge is 2.61. The summed E-state index contributed by atoms with van der Waals surface area (Å²) < 4.78 is 28.6. The third-order valence-corrected chi connectivity index (χ3v) is 8.58. The van der Waals surface area contributed by atoms with E-state index in [0.717, 1.165) is 19.3 Å². The fourth-order valence-corrected chi connectivity index (χ4v) is 6.34. The maximum Gasteiger partial charge on any atom is 0.258 e. The van der Waals surface area contributed by atoms with Crippen LogP contribution < -0.4 is 10.0 Å². The molecule has 1 aromatic carbocycles. The molecule has 2 aliphatic carbocycles. The molecule has 2 saturated carbocycles. The van der Waals surface area contributed by atoms with Gasteiger partial charge in [-0.1, -0.05) is 20.8 Å². The van der Waals surface area contributed by atoms with Gasteiger partial charge in [-0.25, -0.2) is 13.1 Å². The molecule has 2 bridgehead atoms. The van der Waals surface area contributed by atoms with E-state index in [1.165, 1.54) is 18.2 Å². The van der Waals surface area contributed by atoms with Crippen molar-refractivity contribution in [2.75, 3.05) is 0 Å². The standard InChI is InChI=1S/C18H22N2O4S/c1-17(2)10-6-7-18(17,3)14(8-10)20-25(23,24)11-4-5-12-13(9-11)16(22)19-15(12)21/h4-5,9-10,14,20H,6-8H2,1-3H3,(H,19,21,22). The number of imide groups is 1. The normalized spacial score (nSPS) is 32.8. The van der Waals surface area contributed by atoms with E-state index in [1.807, 2.05) is 0 Å². The lowest BCUT2D eigenvalue weighted by atomic mass is 9.69. The lowest BCUT2D eigenvalue weighted by molar-refractivity contribution is 0.0879. The lowest BCUT2D eigenvalue weighted by Crippen LogP contribution is -2.46. The average Bonchev–Trinajstić information content (AvgIpc) is 3.01. The molecule has 0 spiro atoms. The second-order valence-electron chi connectivity index (χ2n) is 8.27. The van der Waals surface area contributed by atoms with Crippen LogP contribution in [-0.2, 0) is 10.0 Å². The summed E-state index contributed by atoms with van der Waals surface area (Å²) in [5.74, 6) is -0.516. The van der Waals surface area contributed by atoms with Crippen molar-refractivity contribution in [3.63, 3.8) is 0 Å². The van der Waals surface area contributed by atoms with Crippen LogP contribution in [0.3, 0.4) is 0 Å². The smallest absolute Gasteiger partial charge is 0.258 e. The van der Waals surface area contributed by atoms with Crippen molar-refractivity contribution in [2.45, 2.75) is 51.0 Å². The summed E-state index contributed by atoms with van der Waals surface area (Å²) >= 11 is 0. The third-order valence-electron chi connectivity index (χ3n) is 7.11. The fraction of sp³-hybridized carbons (Fsp3) is 0.556. The van der Waals surface area contributed by atoms with Crippen LogP contribution in [-0.4, -0.2) is 26.3 Å². The van der Waals surface area contributed by atoms with Gasteiger partial charge in [-0.2, -0.15) is 0 Å². The molecule has 1 aliphatic heterocycles. The van der Waals surface area contributed by atoms with E-state index < -0.39 is 21.8 Å². The number of rotatable bonds is 3. The van der Waals surface area contributed by atoms with Gasteiger partial charge in [0.2, 0.25) is 10.0 Å². The number of hydrogen-bond donors (Lipinski definition) is 2. The summed E-state index contributed by atoms with van der Waals surface area (Å²) in [7, 11) is -3.76. The zero-order valence-corrected chi connectivity index (χ0v) is 15.4. The summed E-state index contributed by atoms with van der Waals surface area (Å²) in [6.45, 7) is 6.62. The van der Waals surface area contributed by atoms with E-state index >= 15 is 0 Å². The maximum atomic E-state index is 12.9. The molecule has 4 rings (SSSR count). The number of carbonyl (C=O) groups excluding carboxylic acids is 2. The van der Waals surface area contributed by atoms with Crippen LogP contribution in [0.5, 0.6) is 0 Å². The first-order valence-corrected chi connectivity index (χ1v) is 10.1. The number of fused-ring (bicyclic) bond motifs is 3. The highest BCUT2D eigenvalue weighted by molar-refractivity contribution is 7.89. The summed E-state index contributed by atoms with van der Waals surface area (Å²) in [5.41, 5.74) is 0.364. The van der Waals surface area contributed by atoms with E-state index in [2.05, 4.69) is 30.8 Å². The zero-order valence-electron chi connectivity index (χ0n) is 14.5. The van der Waals surface area contributed by atoms with Gasteiger partial charge in [-0.15, -0.1) is 0 Å². The first-order chi connectivity index (χ1) is 11.6. The quantitative estimate of drug-likeness (QED) is 0.805. The Morgan fingerprint density at radius 3 is 2.40 bits per heavy atom. The van der Waals surface area contributed by atoms with Gasteiger partial charge in [0.25, 0.3) is 11.8 Å². The molecule has 0 aromatic heterocycles. The second kappa shape index (κ2) is 4.92. The summed E-state index contributed by atoms with van der Waals surface area (Å²) in [6, 6.07) is 3.96. The molecular formula is C18H22N2O4S. The number of carbonyl (C=O) groups is 2. The van der Waals surface area contributed by atoms with Gasteiger partial charge in [-0.3, -0.25) is 14.9 Å². The Bertz CT molecular complexity index is 906. The van der Waals surface area contributed by atoms with Crippen molar-refractivity contribution in [1.82, 2.24) is 10.0 Å². The SMILES string of the molecule is CC1(C)C2CCC1(C)C(NS(=O)(=O)c1ccc3c(c1)C(=O)NC3=O)C2. The van der Waals surface area contributed by atoms with Crippen LogP contribution in [0.15, 0.2) is 23.1 Å². The van der Waals surface area contributed by atoms with Gasteiger partial charge < -0.3 is 0 Å². The van der Waals surface area contributed by atoms with Crippen LogP contribution in [0.25, 0.3) is 0 Å². The average molecular weight is 362 g/mol. The molecule has 2 N–H and O–H groups in total. The molecule has 2 amide bonds. The zero-order chi connectivity index (χ0) is 18.2. The van der Waals surface area contributed by atoms with Crippen LogP contribution in [0.4, 0.5) is 0 Å². The molecule has 0 saturated heterocycles. The van der Waals surface area contributed by atoms with Gasteiger partial charge in [0, 0.05) is 6.04 Å². The molecule has 3 unspecified atom stereocenters. The monoisotopic (exact) mass is 362 g/mol. The molecule has 25 heavy (non-hydrogen) atoms. The number of sulfonamides is 1. The minimum absolute atomic E-state index is 0.0280. The lowest BCUT2D eigenvalue weighted by Gasteiger charge is -2.39. The fourth-order valence-electron chi connectivity index (χ4n) is 4.95. The van der Waals surface area contributed by atoms with Crippen molar-refractivity contribution in [1.29, 1.82) is 0 Å². The maximum absolute atomic E-state index is 12.9. The predicted molar refractivity (Wildman–Crippen MR) is 91.6 cm³/mol. The Labute approximate surface area is 147 Å². The van der Waals surface area contributed by atoms with E-state index in [1.54, 1.807) is 0 Å². The number of amides is 2. The summed E-state index contributed by atoms with van der Waals surface area (Å²) in [5, 5.41) is 2.18. The molecule has 1 heterocycles. The Hall–Kier alpha value is -1.73. The number of hydrogen-bond acceptors (Lipinski definition) is 4. The van der Waals surface area contributed by atoms with Crippen LogP contribution in [0.1, 0.15) is 60.7 Å². The van der Waals surface area contributed by atoms with Crippen LogP contribution >= 0.6 is 0 Å². The molecule has 0 radical (unpaired) electrons. The van der Waals surface area contributed by atoms with Gasteiger partial charge in [0.1, 0.15) is 0 Å². The first-order valence-electron chi connectivity index (χ1n) is 8.58. The Morgan fingerprint density at radius 2 is 1.80 bits per heavy atom. The molecule has 134 valence electrons.